The number of thioether (sulfide) groups is 1. The molecule has 138 valence electrons. The van der Waals surface area contributed by atoms with Crippen LogP contribution in [0.4, 0.5) is 4.39 Å². The van der Waals surface area contributed by atoms with Crippen LogP contribution in [0.3, 0.4) is 0 Å². The van der Waals surface area contributed by atoms with Gasteiger partial charge in [-0.3, -0.25) is 4.99 Å². The molecule has 2 nitrogen and oxygen atoms in total. The molecule has 0 fully saturated rings. The predicted molar refractivity (Wildman–Crippen MR) is 114 cm³/mol. The van der Waals surface area contributed by atoms with Crippen LogP contribution in [-0.4, -0.2) is 5.17 Å². The Hall–Kier alpha value is -2.30. The summed E-state index contributed by atoms with van der Waals surface area (Å²) in [6, 6.07) is 27.6. The quantitative estimate of drug-likeness (QED) is 0.589. The van der Waals surface area contributed by atoms with E-state index in [0.29, 0.717) is 0 Å². The second kappa shape index (κ2) is 9.07. The lowest BCUT2D eigenvalue weighted by Crippen LogP contribution is -2.22. The molecule has 2 atom stereocenters. The normalized spacial score (nSPS) is 18.3. The molecule has 0 saturated heterocycles. The first-order valence-electron chi connectivity index (χ1n) is 8.61. The van der Waals surface area contributed by atoms with Crippen molar-refractivity contribution in [3.05, 3.63) is 107 Å². The van der Waals surface area contributed by atoms with E-state index in [0.717, 1.165) is 16.5 Å². The molecule has 0 aliphatic carbocycles. The number of amidine groups is 1. The van der Waals surface area contributed by atoms with Crippen molar-refractivity contribution in [2.45, 2.75) is 17.8 Å². The molecule has 0 radical (unpaired) electrons. The van der Waals surface area contributed by atoms with Gasteiger partial charge in [0.1, 0.15) is 11.9 Å². The molecule has 0 aromatic heterocycles. The van der Waals surface area contributed by atoms with E-state index < -0.39 is 0 Å². The van der Waals surface area contributed by atoms with Gasteiger partial charge in [-0.1, -0.05) is 84.6 Å². The minimum atomic E-state index is -0.205. The molecular weight excluding hydrogens is 379 g/mol. The number of rotatable bonds is 4. The zero-order valence-corrected chi connectivity index (χ0v) is 16.2. The first kappa shape index (κ1) is 19.5. The molecule has 1 N–H and O–H groups in total. The van der Waals surface area contributed by atoms with Crippen LogP contribution in [0, 0.1) is 5.82 Å². The average molecular weight is 399 g/mol. The van der Waals surface area contributed by atoms with Crippen LogP contribution in [-0.2, 0) is 5.75 Å². The molecule has 1 heterocycles. The number of nitrogens with zero attached hydrogens (tertiary/aromatic N) is 1. The summed E-state index contributed by atoms with van der Waals surface area (Å²) in [5, 5.41) is 4.50. The molecule has 1 aliphatic heterocycles. The van der Waals surface area contributed by atoms with E-state index >= 15 is 0 Å². The summed E-state index contributed by atoms with van der Waals surface area (Å²) in [6.07, 6.45) is 0. The first-order valence-corrected chi connectivity index (χ1v) is 9.59. The van der Waals surface area contributed by atoms with Crippen molar-refractivity contribution in [3.8, 4) is 0 Å². The summed E-state index contributed by atoms with van der Waals surface area (Å²) in [5.41, 5.74) is 3.51. The van der Waals surface area contributed by atoms with E-state index in [9.17, 15) is 4.39 Å². The highest BCUT2D eigenvalue weighted by atomic mass is 35.5. The molecular formula is C22H20ClFN2S. The summed E-state index contributed by atoms with van der Waals surface area (Å²) >= 11 is 1.66. The van der Waals surface area contributed by atoms with Crippen LogP contribution in [0.2, 0.25) is 0 Å². The lowest BCUT2D eigenvalue weighted by Gasteiger charge is -2.19. The minimum Gasteiger partial charge on any atom is -0.356 e. The highest BCUT2D eigenvalue weighted by Crippen LogP contribution is 2.37. The summed E-state index contributed by atoms with van der Waals surface area (Å²) in [4.78, 5) is 4.94. The van der Waals surface area contributed by atoms with Crippen molar-refractivity contribution in [3.63, 3.8) is 0 Å². The van der Waals surface area contributed by atoms with Crippen LogP contribution in [0.5, 0.6) is 0 Å². The number of hydrogen-bond donors (Lipinski definition) is 1. The van der Waals surface area contributed by atoms with Gasteiger partial charge in [0, 0.05) is 5.75 Å². The summed E-state index contributed by atoms with van der Waals surface area (Å²) in [7, 11) is 0. The van der Waals surface area contributed by atoms with E-state index in [1.54, 1.807) is 11.8 Å². The molecule has 0 spiro atoms. The molecule has 3 aromatic carbocycles. The van der Waals surface area contributed by atoms with Gasteiger partial charge in [-0.25, -0.2) is 4.39 Å². The SMILES string of the molecule is Cl.Fc1ccc(CSC2=N[C@H](c3ccccc3)[C@H](c3ccccc3)N2)cc1. The maximum Gasteiger partial charge on any atom is 0.158 e. The van der Waals surface area contributed by atoms with Gasteiger partial charge in [-0.15, -0.1) is 12.4 Å². The maximum atomic E-state index is 13.1. The molecule has 3 aromatic rings. The Morgan fingerprint density at radius 2 is 1.41 bits per heavy atom. The zero-order valence-electron chi connectivity index (χ0n) is 14.6. The molecule has 4 rings (SSSR count). The molecule has 0 bridgehead atoms. The Bertz CT molecular complexity index is 885. The van der Waals surface area contributed by atoms with Crippen molar-refractivity contribution in [1.29, 1.82) is 0 Å². The first-order chi connectivity index (χ1) is 12.8. The number of aliphatic imine (C=N–C) groups is 1. The fraction of sp³-hybridized carbons (Fsp3) is 0.136. The minimum absolute atomic E-state index is 0. The fourth-order valence-electron chi connectivity index (χ4n) is 3.10. The van der Waals surface area contributed by atoms with E-state index in [4.69, 9.17) is 4.99 Å². The van der Waals surface area contributed by atoms with Gasteiger partial charge in [-0.2, -0.15) is 0 Å². The van der Waals surface area contributed by atoms with Gasteiger partial charge in [0.15, 0.2) is 5.17 Å². The monoisotopic (exact) mass is 398 g/mol. The third-order valence-electron chi connectivity index (χ3n) is 4.44. The van der Waals surface area contributed by atoms with E-state index in [1.165, 1.54) is 23.3 Å². The van der Waals surface area contributed by atoms with Gasteiger partial charge in [0.25, 0.3) is 0 Å². The van der Waals surface area contributed by atoms with Gasteiger partial charge < -0.3 is 5.32 Å². The molecule has 0 amide bonds. The Morgan fingerprint density at radius 1 is 0.815 bits per heavy atom. The molecule has 5 heteroatoms. The van der Waals surface area contributed by atoms with Crippen molar-refractivity contribution in [2.75, 3.05) is 0 Å². The fourth-order valence-corrected chi connectivity index (χ4v) is 4.00. The van der Waals surface area contributed by atoms with E-state index in [-0.39, 0.29) is 30.3 Å². The Kier molecular flexibility index (Phi) is 6.54. The molecule has 0 unspecified atom stereocenters. The standard InChI is InChI=1S/C22H19FN2S.ClH/c23-19-13-11-16(12-14-19)15-26-22-24-20(17-7-3-1-4-8-17)21(25-22)18-9-5-2-6-10-18;/h1-14,20-21H,15H2,(H,24,25);1H/t20-,21+;. The second-order valence-electron chi connectivity index (χ2n) is 6.24. The van der Waals surface area contributed by atoms with Crippen LogP contribution in [0.1, 0.15) is 28.8 Å². The Labute approximate surface area is 169 Å². The van der Waals surface area contributed by atoms with Gasteiger partial charge in [-0.05, 0) is 28.8 Å². The molecule has 0 saturated carbocycles. The topological polar surface area (TPSA) is 24.4 Å². The number of halogens is 2. The predicted octanol–water partition coefficient (Wildman–Crippen LogP) is 5.92. The maximum absolute atomic E-state index is 13.1. The highest BCUT2D eigenvalue weighted by Gasteiger charge is 2.31. The average Bonchev–Trinajstić information content (AvgIpc) is 3.13. The summed E-state index contributed by atoms with van der Waals surface area (Å²) in [5.74, 6) is 0.554. The van der Waals surface area contributed by atoms with Gasteiger partial charge in [0.05, 0.1) is 6.04 Å². The van der Waals surface area contributed by atoms with Crippen molar-refractivity contribution >= 4 is 29.3 Å². The largest absolute Gasteiger partial charge is 0.356 e. The number of hydrogen-bond acceptors (Lipinski definition) is 3. The lowest BCUT2D eigenvalue weighted by molar-refractivity contribution is 0.573. The second-order valence-corrected chi connectivity index (χ2v) is 7.20. The third-order valence-corrected chi connectivity index (χ3v) is 5.41. The van der Waals surface area contributed by atoms with Crippen molar-refractivity contribution in [2.24, 2.45) is 4.99 Å². The van der Waals surface area contributed by atoms with E-state index in [1.807, 2.05) is 24.3 Å². The number of benzene rings is 3. The van der Waals surface area contributed by atoms with Crippen LogP contribution >= 0.6 is 24.2 Å². The van der Waals surface area contributed by atoms with Crippen molar-refractivity contribution < 1.29 is 4.39 Å². The van der Waals surface area contributed by atoms with Crippen LogP contribution < -0.4 is 5.32 Å². The summed E-state index contributed by atoms with van der Waals surface area (Å²) in [6.45, 7) is 0. The van der Waals surface area contributed by atoms with Crippen molar-refractivity contribution in [1.82, 2.24) is 5.32 Å². The Balaban J connectivity index is 0.00000210. The lowest BCUT2D eigenvalue weighted by atomic mass is 9.95. The van der Waals surface area contributed by atoms with Gasteiger partial charge in [0.2, 0.25) is 0 Å². The Morgan fingerprint density at radius 3 is 2.04 bits per heavy atom. The third kappa shape index (κ3) is 4.71. The molecule has 27 heavy (non-hydrogen) atoms. The zero-order chi connectivity index (χ0) is 17.8. The number of nitrogens with one attached hydrogen (secondary N) is 1. The molecule has 1 aliphatic rings. The van der Waals surface area contributed by atoms with Crippen LogP contribution in [0.15, 0.2) is 89.9 Å². The van der Waals surface area contributed by atoms with Gasteiger partial charge >= 0.3 is 0 Å². The van der Waals surface area contributed by atoms with Crippen LogP contribution in [0.25, 0.3) is 0 Å². The smallest absolute Gasteiger partial charge is 0.158 e. The van der Waals surface area contributed by atoms with E-state index in [2.05, 4.69) is 53.8 Å². The summed E-state index contributed by atoms with van der Waals surface area (Å²) < 4.78 is 13.1. The highest BCUT2D eigenvalue weighted by molar-refractivity contribution is 8.13.